The standard InChI is InChI=1S/C17H29N3O2/c1-4-18-9-11-19(12-10-18)15(21)14-17(7-5-6-8-17)16(22)20(14)13(2)3/h13-14H,4-12H2,1-3H3. The second-order valence-electron chi connectivity index (χ2n) is 7.33. The van der Waals surface area contributed by atoms with Crippen molar-refractivity contribution in [2.45, 2.75) is 58.5 Å². The number of carbonyl (C=O) groups is 2. The van der Waals surface area contributed by atoms with Crippen LogP contribution >= 0.6 is 0 Å². The lowest BCUT2D eigenvalue weighted by Gasteiger charge is -2.56. The van der Waals surface area contributed by atoms with Crippen LogP contribution in [0.5, 0.6) is 0 Å². The molecular formula is C17H29N3O2. The van der Waals surface area contributed by atoms with Gasteiger partial charge in [-0.15, -0.1) is 0 Å². The molecule has 0 aromatic rings. The molecular weight excluding hydrogens is 278 g/mol. The summed E-state index contributed by atoms with van der Waals surface area (Å²) < 4.78 is 0. The van der Waals surface area contributed by atoms with Crippen LogP contribution in [0, 0.1) is 5.41 Å². The average Bonchev–Trinajstić information content (AvgIpc) is 3.03. The zero-order chi connectivity index (χ0) is 15.9. The van der Waals surface area contributed by atoms with Crippen molar-refractivity contribution in [1.29, 1.82) is 0 Å². The molecule has 1 saturated carbocycles. The van der Waals surface area contributed by atoms with Gasteiger partial charge in [0, 0.05) is 32.2 Å². The van der Waals surface area contributed by atoms with Crippen LogP contribution in [0.4, 0.5) is 0 Å². The van der Waals surface area contributed by atoms with Gasteiger partial charge in [-0.1, -0.05) is 19.8 Å². The van der Waals surface area contributed by atoms with Gasteiger partial charge in [0.2, 0.25) is 11.8 Å². The van der Waals surface area contributed by atoms with Gasteiger partial charge in [0.15, 0.2) is 0 Å². The number of likely N-dealkylation sites (tertiary alicyclic amines) is 1. The summed E-state index contributed by atoms with van der Waals surface area (Å²) in [5.74, 6) is 0.427. The fraction of sp³-hybridized carbons (Fsp3) is 0.882. The van der Waals surface area contributed by atoms with E-state index >= 15 is 0 Å². The van der Waals surface area contributed by atoms with Gasteiger partial charge in [-0.05, 0) is 33.2 Å². The number of rotatable bonds is 3. The first-order valence-corrected chi connectivity index (χ1v) is 8.85. The van der Waals surface area contributed by atoms with Gasteiger partial charge in [-0.25, -0.2) is 0 Å². The zero-order valence-electron chi connectivity index (χ0n) is 14.2. The Morgan fingerprint density at radius 3 is 2.27 bits per heavy atom. The number of carbonyl (C=O) groups excluding carboxylic acids is 2. The largest absolute Gasteiger partial charge is 0.338 e. The second-order valence-corrected chi connectivity index (χ2v) is 7.33. The van der Waals surface area contributed by atoms with Crippen LogP contribution < -0.4 is 0 Å². The molecule has 0 aromatic carbocycles. The van der Waals surface area contributed by atoms with E-state index in [9.17, 15) is 9.59 Å². The summed E-state index contributed by atoms with van der Waals surface area (Å²) in [4.78, 5) is 32.0. The quantitative estimate of drug-likeness (QED) is 0.739. The fourth-order valence-electron chi connectivity index (χ4n) is 4.53. The first kappa shape index (κ1) is 15.8. The van der Waals surface area contributed by atoms with Crippen molar-refractivity contribution in [1.82, 2.24) is 14.7 Å². The molecule has 2 saturated heterocycles. The SMILES string of the molecule is CCN1CCN(C(=O)C2N(C(C)C)C(=O)C23CCCC3)CC1. The van der Waals surface area contributed by atoms with Crippen LogP contribution in [0.15, 0.2) is 0 Å². The molecule has 0 aromatic heterocycles. The molecule has 3 rings (SSSR count). The van der Waals surface area contributed by atoms with Crippen LogP contribution in [-0.2, 0) is 9.59 Å². The molecule has 3 fully saturated rings. The fourth-order valence-corrected chi connectivity index (χ4v) is 4.53. The van der Waals surface area contributed by atoms with E-state index in [2.05, 4.69) is 11.8 Å². The Labute approximate surface area is 133 Å². The van der Waals surface area contributed by atoms with Crippen LogP contribution in [0.3, 0.4) is 0 Å². The number of β-lactam (4-membered cyclic amide) rings is 1. The smallest absolute Gasteiger partial charge is 0.246 e. The summed E-state index contributed by atoms with van der Waals surface area (Å²) >= 11 is 0. The van der Waals surface area contributed by atoms with Crippen LogP contribution in [0.2, 0.25) is 0 Å². The molecule has 0 radical (unpaired) electrons. The second kappa shape index (κ2) is 5.84. The topological polar surface area (TPSA) is 43.9 Å². The first-order valence-electron chi connectivity index (χ1n) is 8.85. The van der Waals surface area contributed by atoms with E-state index < -0.39 is 0 Å². The third kappa shape index (κ3) is 2.25. The molecule has 3 aliphatic rings. The summed E-state index contributed by atoms with van der Waals surface area (Å²) in [6.45, 7) is 10.8. The minimum Gasteiger partial charge on any atom is -0.338 e. The van der Waals surface area contributed by atoms with Crippen LogP contribution in [0.25, 0.3) is 0 Å². The van der Waals surface area contributed by atoms with E-state index in [0.717, 1.165) is 58.4 Å². The van der Waals surface area contributed by atoms with Gasteiger partial charge in [-0.2, -0.15) is 0 Å². The highest BCUT2D eigenvalue weighted by atomic mass is 16.2. The Hall–Kier alpha value is -1.10. The lowest BCUT2D eigenvalue weighted by molar-refractivity contribution is -0.185. The zero-order valence-corrected chi connectivity index (χ0v) is 14.2. The molecule has 5 heteroatoms. The average molecular weight is 307 g/mol. The molecule has 2 amide bonds. The van der Waals surface area contributed by atoms with E-state index in [0.29, 0.717) is 0 Å². The Kier molecular flexibility index (Phi) is 4.19. The predicted molar refractivity (Wildman–Crippen MR) is 85.4 cm³/mol. The van der Waals surface area contributed by atoms with Crippen molar-refractivity contribution in [2.24, 2.45) is 5.41 Å². The van der Waals surface area contributed by atoms with Gasteiger partial charge < -0.3 is 14.7 Å². The summed E-state index contributed by atoms with van der Waals surface area (Å²) in [5, 5.41) is 0. The number of likely N-dealkylation sites (N-methyl/N-ethyl adjacent to an activating group) is 1. The molecule has 124 valence electrons. The molecule has 1 aliphatic carbocycles. The van der Waals surface area contributed by atoms with Gasteiger partial charge >= 0.3 is 0 Å². The highest BCUT2D eigenvalue weighted by Crippen LogP contribution is 2.52. The lowest BCUT2D eigenvalue weighted by atomic mass is 9.67. The first-order chi connectivity index (χ1) is 10.5. The molecule has 5 nitrogen and oxygen atoms in total. The number of piperazine rings is 1. The number of hydrogen-bond acceptors (Lipinski definition) is 3. The van der Waals surface area contributed by atoms with Crippen LogP contribution in [0.1, 0.15) is 46.5 Å². The third-order valence-electron chi connectivity index (χ3n) is 5.88. The monoisotopic (exact) mass is 307 g/mol. The van der Waals surface area contributed by atoms with Crippen molar-refractivity contribution < 1.29 is 9.59 Å². The molecule has 2 heterocycles. The normalized spacial score (nSPS) is 28.5. The minimum atomic E-state index is -0.358. The van der Waals surface area contributed by atoms with E-state index in [1.165, 1.54) is 0 Å². The van der Waals surface area contributed by atoms with E-state index in [-0.39, 0.29) is 29.3 Å². The van der Waals surface area contributed by atoms with Crippen molar-refractivity contribution in [2.75, 3.05) is 32.7 Å². The third-order valence-corrected chi connectivity index (χ3v) is 5.88. The summed E-state index contributed by atoms with van der Waals surface area (Å²) in [6.07, 6.45) is 3.98. The Bertz CT molecular complexity index is 449. The van der Waals surface area contributed by atoms with Crippen molar-refractivity contribution in [3.8, 4) is 0 Å². The number of nitrogens with zero attached hydrogens (tertiary/aromatic N) is 3. The summed E-state index contributed by atoms with van der Waals surface area (Å²) in [7, 11) is 0. The van der Waals surface area contributed by atoms with E-state index in [4.69, 9.17) is 0 Å². The number of amides is 2. The van der Waals surface area contributed by atoms with Gasteiger partial charge in [0.25, 0.3) is 0 Å². The van der Waals surface area contributed by atoms with Gasteiger partial charge in [0.05, 0.1) is 5.41 Å². The Morgan fingerprint density at radius 1 is 1.18 bits per heavy atom. The molecule has 0 bridgehead atoms. The molecule has 1 spiro atoms. The van der Waals surface area contributed by atoms with Crippen molar-refractivity contribution in [3.05, 3.63) is 0 Å². The molecule has 1 unspecified atom stereocenters. The highest BCUT2D eigenvalue weighted by Gasteiger charge is 2.65. The molecule has 1 atom stereocenters. The maximum absolute atomic E-state index is 13.1. The maximum atomic E-state index is 13.1. The van der Waals surface area contributed by atoms with Crippen molar-refractivity contribution in [3.63, 3.8) is 0 Å². The minimum absolute atomic E-state index is 0.115. The Balaban J connectivity index is 1.75. The predicted octanol–water partition coefficient (Wildman–Crippen LogP) is 1.33. The van der Waals surface area contributed by atoms with E-state index in [1.807, 2.05) is 23.6 Å². The Morgan fingerprint density at radius 2 is 1.77 bits per heavy atom. The summed E-state index contributed by atoms with van der Waals surface area (Å²) in [6, 6.07) is -0.0831. The van der Waals surface area contributed by atoms with Gasteiger partial charge in [0.1, 0.15) is 6.04 Å². The maximum Gasteiger partial charge on any atom is 0.246 e. The molecule has 0 N–H and O–H groups in total. The molecule has 22 heavy (non-hydrogen) atoms. The lowest BCUT2D eigenvalue weighted by Crippen LogP contribution is -2.74. The van der Waals surface area contributed by atoms with Crippen molar-refractivity contribution >= 4 is 11.8 Å². The van der Waals surface area contributed by atoms with Gasteiger partial charge in [-0.3, -0.25) is 9.59 Å². The number of hydrogen-bond donors (Lipinski definition) is 0. The highest BCUT2D eigenvalue weighted by molar-refractivity contribution is 6.02. The summed E-state index contributed by atoms with van der Waals surface area (Å²) in [5.41, 5.74) is -0.358. The van der Waals surface area contributed by atoms with E-state index in [1.54, 1.807) is 0 Å². The van der Waals surface area contributed by atoms with Crippen LogP contribution in [-0.4, -0.2) is 71.3 Å². The molecule has 2 aliphatic heterocycles.